The Hall–Kier alpha value is -1.62. The van der Waals surface area contributed by atoms with Crippen molar-refractivity contribution in [1.29, 1.82) is 0 Å². The van der Waals surface area contributed by atoms with Crippen LogP contribution in [0.25, 0.3) is 0 Å². The van der Waals surface area contributed by atoms with Crippen LogP contribution in [0.4, 0.5) is 5.69 Å². The molecule has 5 heteroatoms. The van der Waals surface area contributed by atoms with E-state index in [9.17, 15) is 0 Å². The fourth-order valence-corrected chi connectivity index (χ4v) is 0.772. The average Bonchev–Trinajstić information content (AvgIpc) is 2.04. The Kier molecular flexibility index (Phi) is 2.60. The van der Waals surface area contributed by atoms with Crippen LogP contribution in [0.1, 0.15) is 5.56 Å². The Balaban J connectivity index is 2.89. The van der Waals surface area contributed by atoms with Crippen LogP contribution >= 0.6 is 0 Å². The number of nitrogens with one attached hydrogen (secondary N) is 1. The van der Waals surface area contributed by atoms with Crippen molar-refractivity contribution in [2.45, 2.75) is 6.92 Å². The highest BCUT2D eigenvalue weighted by molar-refractivity contribution is 5.80. The summed E-state index contributed by atoms with van der Waals surface area (Å²) in [6.07, 6.45) is 3.35. The van der Waals surface area contributed by atoms with E-state index in [2.05, 4.69) is 15.4 Å². The van der Waals surface area contributed by atoms with E-state index >= 15 is 0 Å². The van der Waals surface area contributed by atoms with E-state index in [0.29, 0.717) is 5.69 Å². The molecule has 1 rings (SSSR count). The van der Waals surface area contributed by atoms with Crippen LogP contribution in [-0.2, 0) is 0 Å². The van der Waals surface area contributed by atoms with E-state index in [0.717, 1.165) is 5.56 Å². The molecule has 0 saturated heterocycles. The summed E-state index contributed by atoms with van der Waals surface area (Å²) in [4.78, 5) is 7.87. The third kappa shape index (κ3) is 2.21. The SMILES string of the molecule is Cc1cncc(N=C(N)NN)c1. The lowest BCUT2D eigenvalue weighted by Gasteiger charge is -1.98. The van der Waals surface area contributed by atoms with Crippen molar-refractivity contribution in [3.05, 3.63) is 24.0 Å². The zero-order chi connectivity index (χ0) is 8.97. The third-order valence-electron chi connectivity index (χ3n) is 1.26. The molecule has 0 aliphatic rings. The first-order valence-corrected chi connectivity index (χ1v) is 3.45. The van der Waals surface area contributed by atoms with Crippen LogP contribution in [0, 0.1) is 6.92 Å². The van der Waals surface area contributed by atoms with Crippen LogP contribution in [0.2, 0.25) is 0 Å². The maximum atomic E-state index is 5.34. The molecule has 1 heterocycles. The number of hydrogen-bond acceptors (Lipinski definition) is 3. The number of aryl methyl sites for hydroxylation is 1. The van der Waals surface area contributed by atoms with Crippen molar-refractivity contribution in [2.75, 3.05) is 0 Å². The number of pyridine rings is 1. The van der Waals surface area contributed by atoms with Crippen molar-refractivity contribution < 1.29 is 0 Å². The Morgan fingerprint density at radius 3 is 2.92 bits per heavy atom. The maximum Gasteiger partial charge on any atom is 0.208 e. The molecule has 0 aliphatic carbocycles. The molecule has 0 unspecified atom stereocenters. The molecule has 5 nitrogen and oxygen atoms in total. The van der Waals surface area contributed by atoms with Gasteiger partial charge in [-0.2, -0.15) is 0 Å². The minimum Gasteiger partial charge on any atom is -0.369 e. The van der Waals surface area contributed by atoms with E-state index < -0.39 is 0 Å². The zero-order valence-electron chi connectivity index (χ0n) is 6.78. The number of nitrogens with two attached hydrogens (primary N) is 2. The summed E-state index contributed by atoms with van der Waals surface area (Å²) < 4.78 is 0. The van der Waals surface area contributed by atoms with Gasteiger partial charge < -0.3 is 5.73 Å². The predicted molar refractivity (Wildman–Crippen MR) is 47.6 cm³/mol. The van der Waals surface area contributed by atoms with Gasteiger partial charge in [0.15, 0.2) is 0 Å². The summed E-state index contributed by atoms with van der Waals surface area (Å²) in [5, 5.41) is 0. The van der Waals surface area contributed by atoms with E-state index in [1.165, 1.54) is 0 Å². The molecule has 0 aromatic carbocycles. The van der Waals surface area contributed by atoms with E-state index in [-0.39, 0.29) is 5.96 Å². The van der Waals surface area contributed by atoms with Gasteiger partial charge in [-0.25, -0.2) is 10.8 Å². The van der Waals surface area contributed by atoms with Crippen molar-refractivity contribution >= 4 is 11.6 Å². The smallest absolute Gasteiger partial charge is 0.208 e. The van der Waals surface area contributed by atoms with Crippen LogP contribution < -0.4 is 17.0 Å². The molecule has 5 N–H and O–H groups in total. The molecule has 0 amide bonds. The van der Waals surface area contributed by atoms with Crippen molar-refractivity contribution in [1.82, 2.24) is 10.4 Å². The second-order valence-electron chi connectivity index (χ2n) is 2.36. The first-order chi connectivity index (χ1) is 5.72. The zero-order valence-corrected chi connectivity index (χ0v) is 6.78. The number of nitrogens with zero attached hydrogens (tertiary/aromatic N) is 2. The standard InChI is InChI=1S/C7H11N5/c1-5-2-6(4-10-3-5)11-7(8)12-9/h2-4H,9H2,1H3,(H3,8,11,12). The highest BCUT2D eigenvalue weighted by Crippen LogP contribution is 2.10. The van der Waals surface area contributed by atoms with Crippen molar-refractivity contribution in [2.24, 2.45) is 16.6 Å². The Bertz CT molecular complexity index is 294. The molecular formula is C7H11N5. The lowest BCUT2D eigenvalue weighted by atomic mass is 10.3. The molecule has 0 saturated carbocycles. The molecule has 1 aromatic rings. The normalized spacial score (nSPS) is 11.3. The summed E-state index contributed by atoms with van der Waals surface area (Å²) >= 11 is 0. The molecule has 0 fully saturated rings. The van der Waals surface area contributed by atoms with Gasteiger partial charge in [-0.3, -0.25) is 10.4 Å². The minimum atomic E-state index is 0.169. The lowest BCUT2D eigenvalue weighted by Crippen LogP contribution is -2.36. The number of hydrogen-bond donors (Lipinski definition) is 3. The van der Waals surface area contributed by atoms with E-state index in [1.807, 2.05) is 13.0 Å². The second kappa shape index (κ2) is 3.68. The van der Waals surface area contributed by atoms with Gasteiger partial charge in [0.25, 0.3) is 0 Å². The van der Waals surface area contributed by atoms with Crippen LogP contribution in [-0.4, -0.2) is 10.9 Å². The minimum absolute atomic E-state index is 0.169. The average molecular weight is 165 g/mol. The summed E-state index contributed by atoms with van der Waals surface area (Å²) in [7, 11) is 0. The molecule has 0 spiro atoms. The number of hydrazine groups is 1. The fraction of sp³-hybridized carbons (Fsp3) is 0.143. The van der Waals surface area contributed by atoms with Gasteiger partial charge in [0, 0.05) is 6.20 Å². The molecular weight excluding hydrogens is 154 g/mol. The quantitative estimate of drug-likeness (QED) is 0.233. The number of guanidine groups is 1. The van der Waals surface area contributed by atoms with Crippen molar-refractivity contribution in [3.63, 3.8) is 0 Å². The highest BCUT2D eigenvalue weighted by Gasteiger charge is 1.91. The van der Waals surface area contributed by atoms with Gasteiger partial charge in [-0.1, -0.05) is 0 Å². The topological polar surface area (TPSA) is 89.3 Å². The monoisotopic (exact) mass is 165 g/mol. The number of aromatic nitrogens is 1. The predicted octanol–water partition coefficient (Wildman–Crippen LogP) is -0.200. The molecule has 1 aromatic heterocycles. The first kappa shape index (κ1) is 8.48. The Morgan fingerprint density at radius 1 is 1.58 bits per heavy atom. The molecule has 12 heavy (non-hydrogen) atoms. The summed E-state index contributed by atoms with van der Waals surface area (Å²) in [5.41, 5.74) is 9.29. The van der Waals surface area contributed by atoms with Gasteiger partial charge in [0.2, 0.25) is 5.96 Å². The molecule has 0 aliphatic heterocycles. The van der Waals surface area contributed by atoms with Gasteiger partial charge >= 0.3 is 0 Å². The molecule has 0 atom stereocenters. The van der Waals surface area contributed by atoms with E-state index in [4.69, 9.17) is 11.6 Å². The van der Waals surface area contributed by atoms with Crippen LogP contribution in [0.15, 0.2) is 23.5 Å². The fourth-order valence-electron chi connectivity index (χ4n) is 0.772. The largest absolute Gasteiger partial charge is 0.369 e. The van der Waals surface area contributed by atoms with E-state index in [1.54, 1.807) is 12.4 Å². The number of aliphatic imine (C=N–C) groups is 1. The first-order valence-electron chi connectivity index (χ1n) is 3.45. The lowest BCUT2D eigenvalue weighted by molar-refractivity contribution is 1.01. The van der Waals surface area contributed by atoms with Gasteiger partial charge in [-0.15, -0.1) is 0 Å². The maximum absolute atomic E-state index is 5.34. The van der Waals surface area contributed by atoms with Gasteiger partial charge in [0.05, 0.1) is 11.9 Å². The van der Waals surface area contributed by atoms with Gasteiger partial charge in [-0.05, 0) is 18.6 Å². The summed E-state index contributed by atoms with van der Waals surface area (Å²) in [5.74, 6) is 5.20. The number of rotatable bonds is 1. The van der Waals surface area contributed by atoms with Crippen LogP contribution in [0.3, 0.4) is 0 Å². The Labute approximate surface area is 70.5 Å². The van der Waals surface area contributed by atoms with Crippen LogP contribution in [0.5, 0.6) is 0 Å². The van der Waals surface area contributed by atoms with Crippen molar-refractivity contribution in [3.8, 4) is 0 Å². The molecule has 0 radical (unpaired) electrons. The second-order valence-corrected chi connectivity index (χ2v) is 2.36. The summed E-state index contributed by atoms with van der Waals surface area (Å²) in [6, 6.07) is 1.86. The summed E-state index contributed by atoms with van der Waals surface area (Å²) in [6.45, 7) is 1.93. The third-order valence-corrected chi connectivity index (χ3v) is 1.26. The Morgan fingerprint density at radius 2 is 2.33 bits per heavy atom. The molecule has 0 bridgehead atoms. The highest BCUT2D eigenvalue weighted by atomic mass is 15.3. The molecule has 64 valence electrons. The van der Waals surface area contributed by atoms with Gasteiger partial charge in [0.1, 0.15) is 0 Å².